The zero-order valence-corrected chi connectivity index (χ0v) is 18.9. The van der Waals surface area contributed by atoms with Crippen LogP contribution in [0.4, 0.5) is 0 Å². The fourth-order valence-electron chi connectivity index (χ4n) is 2.23. The third kappa shape index (κ3) is 7.59. The average Bonchev–Trinajstić information content (AvgIpc) is 2.32. The lowest BCUT2D eigenvalue weighted by Gasteiger charge is -2.28. The molecule has 11 nitrogen and oxygen atoms in total. The van der Waals surface area contributed by atoms with Gasteiger partial charge in [0.2, 0.25) is 0 Å². The van der Waals surface area contributed by atoms with Crippen molar-refractivity contribution < 1.29 is 51.5 Å². The maximum absolute atomic E-state index is 12.1. The maximum atomic E-state index is 12.1. The molecule has 0 aliphatic carbocycles. The first-order valence-electron chi connectivity index (χ1n) is 7.84. The van der Waals surface area contributed by atoms with E-state index >= 15 is 0 Å². The molecule has 0 bridgehead atoms. The number of hydrogen-bond donors (Lipinski definition) is 5. The lowest BCUT2D eigenvalue weighted by atomic mass is 9.79. The Balaban J connectivity index is 3.36. The van der Waals surface area contributed by atoms with Gasteiger partial charge in [0, 0.05) is 11.1 Å². The van der Waals surface area contributed by atoms with Crippen LogP contribution in [0.25, 0.3) is 0 Å². The Hall–Kier alpha value is -0.730. The van der Waals surface area contributed by atoms with Crippen molar-refractivity contribution in [2.24, 2.45) is 0 Å². The van der Waals surface area contributed by atoms with E-state index < -0.39 is 34.3 Å². The van der Waals surface area contributed by atoms with Crippen molar-refractivity contribution in [3.05, 3.63) is 23.3 Å². The normalized spacial score (nSPS) is 17.6. The van der Waals surface area contributed by atoms with Crippen LogP contribution in [0.1, 0.15) is 52.7 Å². The number of phenols is 1. The third-order valence-electron chi connectivity index (χ3n) is 3.34. The molecule has 0 saturated carbocycles. The first kappa shape index (κ1) is 25.3. The van der Waals surface area contributed by atoms with Crippen molar-refractivity contribution in [1.82, 2.24) is 0 Å². The molecule has 0 radical (unpaired) electrons. The molecule has 0 aliphatic rings. The fraction of sp³-hybridized carbons (Fsp3) is 0.571. The van der Waals surface area contributed by atoms with Crippen LogP contribution in [0.5, 0.6) is 11.5 Å². The summed E-state index contributed by atoms with van der Waals surface area (Å²) in [6.45, 7) is 10.7. The number of phosphoric ester groups is 1. The van der Waals surface area contributed by atoms with Crippen molar-refractivity contribution in [2.45, 2.75) is 52.4 Å². The Labute approximate surface area is 162 Å². The van der Waals surface area contributed by atoms with E-state index in [2.05, 4.69) is 8.62 Å². The van der Waals surface area contributed by atoms with E-state index in [0.717, 1.165) is 0 Å². The first-order valence-corrected chi connectivity index (χ1v) is 12.4. The molecule has 2 unspecified atom stereocenters. The van der Waals surface area contributed by atoms with Gasteiger partial charge in [-0.3, -0.25) is 4.89 Å². The molecule has 0 heterocycles. The minimum Gasteiger partial charge on any atom is -0.507 e. The quantitative estimate of drug-likeness (QED) is 0.389. The highest BCUT2D eigenvalue weighted by molar-refractivity contribution is 7.66. The van der Waals surface area contributed by atoms with Crippen LogP contribution in [-0.2, 0) is 33.1 Å². The van der Waals surface area contributed by atoms with Gasteiger partial charge in [-0.05, 0) is 23.0 Å². The third-order valence-corrected chi connectivity index (χ3v) is 7.10. The summed E-state index contributed by atoms with van der Waals surface area (Å²) < 4.78 is 46.4. The molecule has 162 valence electrons. The van der Waals surface area contributed by atoms with Gasteiger partial charge in [0.25, 0.3) is 0 Å². The highest BCUT2D eigenvalue weighted by Gasteiger charge is 2.42. The predicted molar refractivity (Wildman–Crippen MR) is 100.0 cm³/mol. The second-order valence-corrected chi connectivity index (χ2v) is 12.4. The summed E-state index contributed by atoms with van der Waals surface area (Å²) in [4.78, 5) is 36.1. The monoisotopic (exact) mass is 462 g/mol. The Morgan fingerprint density at radius 2 is 1.14 bits per heavy atom. The first-order chi connectivity index (χ1) is 12.1. The fourth-order valence-corrected chi connectivity index (χ4v) is 5.24. The Morgan fingerprint density at radius 1 is 0.750 bits per heavy atom. The lowest BCUT2D eigenvalue weighted by Crippen LogP contribution is -2.17. The van der Waals surface area contributed by atoms with E-state index in [4.69, 9.17) is 14.3 Å². The van der Waals surface area contributed by atoms with E-state index in [1.807, 2.05) is 0 Å². The average molecular weight is 462 g/mol. The topological polar surface area (TPSA) is 180 Å². The standard InChI is InChI=1S/C14H25O11P3/c1-13(2,3)10-7-9(8-11(12(10)15)14(4,5)6)23-27(19,20)25-28(21,22)24-26(16,17)18/h7-8,15H,1-6H3,(H,19,20)(H,21,22)(H2,16,17,18). The van der Waals surface area contributed by atoms with Gasteiger partial charge < -0.3 is 24.3 Å². The summed E-state index contributed by atoms with van der Waals surface area (Å²) in [7, 11) is -16.4. The van der Waals surface area contributed by atoms with E-state index in [0.29, 0.717) is 11.1 Å². The number of rotatable bonds is 6. The van der Waals surface area contributed by atoms with Crippen LogP contribution in [0.2, 0.25) is 0 Å². The van der Waals surface area contributed by atoms with Crippen LogP contribution >= 0.6 is 23.5 Å². The van der Waals surface area contributed by atoms with Gasteiger partial charge in [0.1, 0.15) is 11.5 Å². The molecule has 2 atom stereocenters. The predicted octanol–water partition coefficient (Wildman–Crippen LogP) is 3.69. The van der Waals surface area contributed by atoms with Crippen molar-refractivity contribution in [3.63, 3.8) is 0 Å². The lowest BCUT2D eigenvalue weighted by molar-refractivity contribution is 0.206. The molecular weight excluding hydrogens is 437 g/mol. The maximum Gasteiger partial charge on any atom is 0.536 e. The van der Waals surface area contributed by atoms with Gasteiger partial charge in [0.15, 0.2) is 0 Å². The molecule has 28 heavy (non-hydrogen) atoms. The number of phosphoric acid groups is 3. The molecule has 0 aliphatic heterocycles. The highest BCUT2D eigenvalue weighted by atomic mass is 31.3. The summed E-state index contributed by atoms with van der Waals surface area (Å²) in [6.07, 6.45) is 0. The zero-order chi connectivity index (χ0) is 22.3. The molecule has 0 saturated heterocycles. The molecule has 1 aromatic rings. The van der Waals surface area contributed by atoms with E-state index in [1.54, 1.807) is 41.5 Å². The van der Waals surface area contributed by atoms with Crippen LogP contribution in [0.3, 0.4) is 0 Å². The summed E-state index contributed by atoms with van der Waals surface area (Å²) in [5.74, 6) is -0.312. The van der Waals surface area contributed by atoms with E-state index in [1.165, 1.54) is 12.1 Å². The van der Waals surface area contributed by atoms with Crippen LogP contribution in [-0.4, -0.2) is 24.7 Å². The zero-order valence-electron chi connectivity index (χ0n) is 16.2. The SMILES string of the molecule is CC(C)(C)c1cc(OP(=O)(O)OP(=O)(O)OP(=O)(O)O)cc(C(C)(C)C)c1O. The van der Waals surface area contributed by atoms with Crippen LogP contribution in [0, 0.1) is 0 Å². The minimum atomic E-state index is -5.62. The summed E-state index contributed by atoms with van der Waals surface area (Å²) >= 11 is 0. The minimum absolute atomic E-state index is 0.0429. The molecule has 1 rings (SSSR count). The Bertz CT molecular complexity index is 840. The summed E-state index contributed by atoms with van der Waals surface area (Å²) in [6, 6.07) is 2.51. The Kier molecular flexibility index (Phi) is 7.08. The van der Waals surface area contributed by atoms with Crippen molar-refractivity contribution in [3.8, 4) is 11.5 Å². The Morgan fingerprint density at radius 3 is 1.46 bits per heavy atom. The summed E-state index contributed by atoms with van der Waals surface area (Å²) in [5, 5.41) is 10.6. The second kappa shape index (κ2) is 7.84. The largest absolute Gasteiger partial charge is 0.536 e. The molecule has 1 aromatic carbocycles. The number of benzene rings is 1. The van der Waals surface area contributed by atoms with Gasteiger partial charge >= 0.3 is 23.5 Å². The number of hydrogen-bond acceptors (Lipinski definition) is 7. The van der Waals surface area contributed by atoms with Crippen molar-refractivity contribution in [1.29, 1.82) is 0 Å². The van der Waals surface area contributed by atoms with Gasteiger partial charge in [-0.25, -0.2) is 13.7 Å². The van der Waals surface area contributed by atoms with Gasteiger partial charge in [-0.2, -0.15) is 8.62 Å². The van der Waals surface area contributed by atoms with Crippen molar-refractivity contribution >= 4 is 23.5 Å². The number of phenolic OH excluding ortho intramolecular Hbond substituents is 1. The molecule has 0 amide bonds. The molecule has 0 aromatic heterocycles. The molecule has 0 spiro atoms. The highest BCUT2D eigenvalue weighted by Crippen LogP contribution is 2.66. The molecule has 0 fully saturated rings. The number of aromatic hydroxyl groups is 1. The van der Waals surface area contributed by atoms with Gasteiger partial charge in [-0.15, -0.1) is 0 Å². The smallest absolute Gasteiger partial charge is 0.507 e. The second-order valence-electron chi connectivity index (χ2n) is 8.05. The van der Waals surface area contributed by atoms with Crippen LogP contribution < -0.4 is 4.52 Å². The van der Waals surface area contributed by atoms with Gasteiger partial charge in [-0.1, -0.05) is 41.5 Å². The van der Waals surface area contributed by atoms with E-state index in [-0.39, 0.29) is 11.5 Å². The molecule has 5 N–H and O–H groups in total. The summed E-state index contributed by atoms with van der Waals surface area (Å²) in [5.41, 5.74) is -0.457. The van der Waals surface area contributed by atoms with Crippen molar-refractivity contribution in [2.75, 3.05) is 0 Å². The van der Waals surface area contributed by atoms with Gasteiger partial charge in [0.05, 0.1) is 0 Å². The van der Waals surface area contributed by atoms with Crippen LogP contribution in [0.15, 0.2) is 12.1 Å². The molecule has 14 heteroatoms. The van der Waals surface area contributed by atoms with E-state index in [9.17, 15) is 28.6 Å². The molecular formula is C14H25O11P3.